The van der Waals surface area contributed by atoms with Crippen molar-refractivity contribution in [1.82, 2.24) is 0 Å². The normalized spacial score (nSPS) is 14.3. The van der Waals surface area contributed by atoms with E-state index >= 15 is 0 Å². The third-order valence-electron chi connectivity index (χ3n) is 5.63. The summed E-state index contributed by atoms with van der Waals surface area (Å²) in [5.41, 5.74) is 1.80. The number of alkyl halides is 3. The minimum atomic E-state index is -4.43. The Morgan fingerprint density at radius 1 is 0.857 bits per heavy atom. The predicted molar refractivity (Wildman–Crippen MR) is 122 cm³/mol. The number of halogens is 3. The Morgan fingerprint density at radius 2 is 1.40 bits per heavy atom. The zero-order valence-electron chi connectivity index (χ0n) is 19.4. The Hall–Kier alpha value is -3.88. The van der Waals surface area contributed by atoms with E-state index in [4.69, 9.17) is 9.47 Å². The lowest BCUT2D eigenvalue weighted by molar-refractivity contribution is -0.137. The lowest BCUT2D eigenvalue weighted by Crippen LogP contribution is -2.26. The molecule has 0 radical (unpaired) electrons. The molecular weight excluding hydrogens is 463 g/mol. The van der Waals surface area contributed by atoms with Crippen LogP contribution in [0.25, 0.3) is 0 Å². The van der Waals surface area contributed by atoms with Crippen LogP contribution in [0.5, 0.6) is 0 Å². The highest BCUT2D eigenvalue weighted by Crippen LogP contribution is 2.30. The number of rotatable bonds is 8. The van der Waals surface area contributed by atoms with Crippen molar-refractivity contribution in [2.24, 2.45) is 0 Å². The van der Waals surface area contributed by atoms with Gasteiger partial charge in [-0.15, -0.1) is 0 Å². The fourth-order valence-electron chi connectivity index (χ4n) is 3.66. The monoisotopic (exact) mass is 487 g/mol. The minimum Gasteiger partial charge on any atom is -0.489 e. The second-order valence-corrected chi connectivity index (χ2v) is 7.94. The van der Waals surface area contributed by atoms with Crippen molar-refractivity contribution in [2.75, 3.05) is 19.5 Å². The molecule has 0 atom stereocenters. The summed E-state index contributed by atoms with van der Waals surface area (Å²) in [5, 5.41) is 2.58. The van der Waals surface area contributed by atoms with Gasteiger partial charge in [-0.1, -0.05) is 24.3 Å². The highest BCUT2D eigenvalue weighted by molar-refractivity contribution is 6.23. The van der Waals surface area contributed by atoms with E-state index < -0.39 is 23.3 Å². The van der Waals surface area contributed by atoms with Gasteiger partial charge in [0.25, 0.3) is 0 Å². The molecule has 1 aliphatic rings. The molecule has 0 unspecified atom stereocenters. The molecule has 6 nitrogen and oxygen atoms in total. The third kappa shape index (κ3) is 5.98. The quantitative estimate of drug-likeness (QED) is 0.542. The van der Waals surface area contributed by atoms with Crippen molar-refractivity contribution in [3.63, 3.8) is 0 Å². The van der Waals surface area contributed by atoms with Crippen molar-refractivity contribution in [3.05, 3.63) is 87.9 Å². The van der Waals surface area contributed by atoms with Crippen LogP contribution >= 0.6 is 0 Å². The number of amides is 1. The average molecular weight is 487 g/mol. The van der Waals surface area contributed by atoms with E-state index in [1.807, 2.05) is 24.3 Å². The fourth-order valence-corrected chi connectivity index (χ4v) is 3.66. The Balaban J connectivity index is 1.59. The third-order valence-corrected chi connectivity index (χ3v) is 5.63. The first-order valence-corrected chi connectivity index (χ1v) is 10.7. The van der Waals surface area contributed by atoms with Gasteiger partial charge in [0.05, 0.1) is 19.8 Å². The molecule has 184 valence electrons. The van der Waals surface area contributed by atoms with Crippen molar-refractivity contribution in [3.8, 4) is 0 Å². The van der Waals surface area contributed by atoms with Crippen LogP contribution in [0.15, 0.2) is 71.2 Å². The smallest absolute Gasteiger partial charge is 0.416 e. The van der Waals surface area contributed by atoms with Crippen LogP contribution in [0.2, 0.25) is 0 Å². The van der Waals surface area contributed by atoms with E-state index in [1.165, 1.54) is 26.4 Å². The Morgan fingerprint density at radius 3 is 1.94 bits per heavy atom. The molecule has 0 saturated heterocycles. The standard InChI is InChI=1S/C26H24F3NO5/c1-15-20(23(33)25(35-3)24(34-2)22(15)32)14-17-6-4-16(5-7-17)8-13-21(31)30-19-11-9-18(10-12-19)26(27,28)29/h4-7,9-12H,8,13-14H2,1-3H3,(H,30,31). The number of anilines is 1. The van der Waals surface area contributed by atoms with Gasteiger partial charge in [0.1, 0.15) is 0 Å². The van der Waals surface area contributed by atoms with Gasteiger partial charge >= 0.3 is 6.18 Å². The van der Waals surface area contributed by atoms with Gasteiger partial charge < -0.3 is 14.8 Å². The van der Waals surface area contributed by atoms with E-state index in [2.05, 4.69) is 5.32 Å². The van der Waals surface area contributed by atoms with Crippen molar-refractivity contribution in [2.45, 2.75) is 32.4 Å². The first-order valence-electron chi connectivity index (χ1n) is 10.7. The number of Topliss-reactive ketones (excluding diaryl/α,β-unsaturated/α-hetero) is 2. The lowest BCUT2D eigenvalue weighted by atomic mass is 9.88. The largest absolute Gasteiger partial charge is 0.489 e. The number of hydrogen-bond acceptors (Lipinski definition) is 5. The van der Waals surface area contributed by atoms with Crippen LogP contribution in [0, 0.1) is 0 Å². The average Bonchev–Trinajstić information content (AvgIpc) is 2.83. The summed E-state index contributed by atoms with van der Waals surface area (Å²) < 4.78 is 48.0. The topological polar surface area (TPSA) is 81.7 Å². The maximum absolute atomic E-state index is 12.8. The van der Waals surface area contributed by atoms with E-state index in [1.54, 1.807) is 6.92 Å². The van der Waals surface area contributed by atoms with Gasteiger partial charge in [0, 0.05) is 29.7 Å². The van der Waals surface area contributed by atoms with Crippen LogP contribution in [-0.2, 0) is 42.9 Å². The number of allylic oxidation sites excluding steroid dienone is 2. The van der Waals surface area contributed by atoms with Crippen LogP contribution < -0.4 is 5.32 Å². The molecule has 9 heteroatoms. The van der Waals surface area contributed by atoms with E-state index in [0.717, 1.165) is 23.3 Å². The SMILES string of the molecule is COC1=C(OC)C(=O)C(Cc2ccc(CCC(=O)Nc3ccc(C(F)(F)F)cc3)cc2)=C(C)C1=O. The molecule has 2 aromatic carbocycles. The zero-order valence-corrected chi connectivity index (χ0v) is 19.4. The van der Waals surface area contributed by atoms with Crippen LogP contribution in [0.4, 0.5) is 18.9 Å². The first kappa shape index (κ1) is 25.7. The summed E-state index contributed by atoms with van der Waals surface area (Å²) >= 11 is 0. The van der Waals surface area contributed by atoms with E-state index in [0.29, 0.717) is 17.6 Å². The van der Waals surface area contributed by atoms with Crippen LogP contribution in [-0.4, -0.2) is 31.7 Å². The molecule has 0 bridgehead atoms. The van der Waals surface area contributed by atoms with Crippen molar-refractivity contribution < 1.29 is 37.0 Å². The van der Waals surface area contributed by atoms with Gasteiger partial charge in [0.15, 0.2) is 0 Å². The van der Waals surface area contributed by atoms with Crippen molar-refractivity contribution >= 4 is 23.2 Å². The first-order chi connectivity index (χ1) is 16.5. The molecule has 1 N–H and O–H groups in total. The maximum atomic E-state index is 12.8. The molecule has 1 amide bonds. The second-order valence-electron chi connectivity index (χ2n) is 7.94. The summed E-state index contributed by atoms with van der Waals surface area (Å²) in [7, 11) is 2.61. The van der Waals surface area contributed by atoms with Gasteiger partial charge in [-0.05, 0) is 48.7 Å². The number of ketones is 2. The number of benzene rings is 2. The van der Waals surface area contributed by atoms with Crippen LogP contribution in [0.3, 0.4) is 0 Å². The van der Waals surface area contributed by atoms with Gasteiger partial charge in [-0.3, -0.25) is 14.4 Å². The summed E-state index contributed by atoms with van der Waals surface area (Å²) in [6.45, 7) is 1.57. The number of carbonyl (C=O) groups excluding carboxylic acids is 3. The highest BCUT2D eigenvalue weighted by atomic mass is 19.4. The molecule has 0 aromatic heterocycles. The van der Waals surface area contributed by atoms with Gasteiger partial charge in [-0.2, -0.15) is 13.2 Å². The number of nitrogens with one attached hydrogen (secondary N) is 1. The molecule has 0 spiro atoms. The van der Waals surface area contributed by atoms with Crippen LogP contribution in [0.1, 0.15) is 30.0 Å². The fraction of sp³-hybridized carbons (Fsp3) is 0.269. The molecule has 35 heavy (non-hydrogen) atoms. The zero-order chi connectivity index (χ0) is 25.8. The molecule has 0 fully saturated rings. The lowest BCUT2D eigenvalue weighted by Gasteiger charge is -2.20. The Bertz CT molecular complexity index is 1190. The molecule has 2 aromatic rings. The highest BCUT2D eigenvalue weighted by Gasteiger charge is 2.34. The van der Waals surface area contributed by atoms with Crippen molar-refractivity contribution in [1.29, 1.82) is 0 Å². The summed E-state index contributed by atoms with van der Waals surface area (Å²) in [6.07, 6.45) is -3.65. The maximum Gasteiger partial charge on any atom is 0.416 e. The predicted octanol–water partition coefficient (Wildman–Crippen LogP) is 4.79. The number of aryl methyl sites for hydroxylation is 1. The Labute approximate surface area is 200 Å². The summed E-state index contributed by atoms with van der Waals surface area (Å²) in [4.78, 5) is 37.5. The Kier molecular flexibility index (Phi) is 7.78. The number of carbonyl (C=O) groups is 3. The van der Waals surface area contributed by atoms with E-state index in [9.17, 15) is 27.6 Å². The molecular formula is C26H24F3NO5. The molecule has 0 aliphatic heterocycles. The number of ether oxygens (including phenoxy) is 2. The minimum absolute atomic E-state index is 0.108. The van der Waals surface area contributed by atoms with E-state index in [-0.39, 0.29) is 36.0 Å². The number of hydrogen-bond donors (Lipinski definition) is 1. The number of methoxy groups -OCH3 is 2. The molecule has 1 aliphatic carbocycles. The molecule has 3 rings (SSSR count). The van der Waals surface area contributed by atoms with Gasteiger partial charge in [0.2, 0.25) is 29.0 Å². The summed E-state index contributed by atoms with van der Waals surface area (Å²) in [6, 6.07) is 11.5. The molecule has 0 heterocycles. The van der Waals surface area contributed by atoms with Gasteiger partial charge in [-0.25, -0.2) is 0 Å². The molecule has 0 saturated carbocycles. The summed E-state index contributed by atoms with van der Waals surface area (Å²) in [5.74, 6) is -1.34. The second kappa shape index (κ2) is 10.6.